The number of rotatable bonds is 3. The summed E-state index contributed by atoms with van der Waals surface area (Å²) in [7, 11) is 0. The summed E-state index contributed by atoms with van der Waals surface area (Å²) in [4.78, 5) is 3.72. The number of hydrogen-bond donors (Lipinski definition) is 1. The summed E-state index contributed by atoms with van der Waals surface area (Å²) < 4.78 is 12.8. The van der Waals surface area contributed by atoms with E-state index in [2.05, 4.69) is 16.3 Å². The quantitative estimate of drug-likeness (QED) is 0.932. The number of fused-ring (bicyclic) bond motifs is 1. The van der Waals surface area contributed by atoms with Gasteiger partial charge in [0.05, 0.1) is 6.10 Å². The van der Waals surface area contributed by atoms with Crippen molar-refractivity contribution in [2.75, 3.05) is 13.1 Å². The summed E-state index contributed by atoms with van der Waals surface area (Å²) in [5, 5.41) is 12.3. The lowest BCUT2D eigenvalue weighted by Crippen LogP contribution is -2.33. The summed E-state index contributed by atoms with van der Waals surface area (Å²) >= 11 is 1.81. The summed E-state index contributed by atoms with van der Waals surface area (Å²) in [6.45, 7) is 2.48. The smallest absolute Gasteiger partial charge is 0.123 e. The lowest BCUT2D eigenvalue weighted by Gasteiger charge is -2.28. The number of aliphatic hydroxyl groups excluding tert-OH is 1. The molecular formula is C15H16FNOS. The van der Waals surface area contributed by atoms with Crippen LogP contribution >= 0.6 is 11.3 Å². The van der Waals surface area contributed by atoms with Gasteiger partial charge in [0.2, 0.25) is 0 Å². The fourth-order valence-electron chi connectivity index (χ4n) is 2.50. The van der Waals surface area contributed by atoms with Gasteiger partial charge in [0.15, 0.2) is 0 Å². The van der Waals surface area contributed by atoms with Gasteiger partial charge in [0.25, 0.3) is 0 Å². The van der Waals surface area contributed by atoms with Crippen molar-refractivity contribution in [2.24, 2.45) is 0 Å². The van der Waals surface area contributed by atoms with Crippen LogP contribution in [-0.2, 0) is 13.0 Å². The molecule has 19 heavy (non-hydrogen) atoms. The third-order valence-corrected chi connectivity index (χ3v) is 4.60. The van der Waals surface area contributed by atoms with Crippen LogP contribution in [0.5, 0.6) is 0 Å². The molecule has 2 nitrogen and oxygen atoms in total. The Morgan fingerprint density at radius 1 is 1.26 bits per heavy atom. The van der Waals surface area contributed by atoms with Gasteiger partial charge in [0, 0.05) is 24.5 Å². The third kappa shape index (κ3) is 2.86. The lowest BCUT2D eigenvalue weighted by atomic mass is 10.1. The second-order valence-corrected chi connectivity index (χ2v) is 5.92. The van der Waals surface area contributed by atoms with Crippen molar-refractivity contribution in [3.63, 3.8) is 0 Å². The largest absolute Gasteiger partial charge is 0.387 e. The molecule has 3 rings (SSSR count). The highest BCUT2D eigenvalue weighted by Crippen LogP contribution is 2.25. The molecule has 0 fully saturated rings. The van der Waals surface area contributed by atoms with Gasteiger partial charge in [-0.1, -0.05) is 12.1 Å². The molecule has 0 saturated carbocycles. The van der Waals surface area contributed by atoms with Crippen LogP contribution in [0.3, 0.4) is 0 Å². The molecule has 2 heterocycles. The van der Waals surface area contributed by atoms with E-state index >= 15 is 0 Å². The molecule has 1 unspecified atom stereocenters. The van der Waals surface area contributed by atoms with Crippen LogP contribution in [0.15, 0.2) is 35.7 Å². The van der Waals surface area contributed by atoms with E-state index in [1.807, 2.05) is 11.3 Å². The average molecular weight is 277 g/mol. The first-order valence-electron chi connectivity index (χ1n) is 6.43. The maximum absolute atomic E-state index is 12.8. The van der Waals surface area contributed by atoms with E-state index in [0.29, 0.717) is 6.54 Å². The molecule has 100 valence electrons. The molecule has 0 bridgehead atoms. The zero-order chi connectivity index (χ0) is 13.2. The molecule has 0 aliphatic carbocycles. The van der Waals surface area contributed by atoms with E-state index < -0.39 is 6.10 Å². The van der Waals surface area contributed by atoms with Crippen LogP contribution in [0.1, 0.15) is 22.1 Å². The minimum absolute atomic E-state index is 0.267. The molecular weight excluding hydrogens is 261 g/mol. The van der Waals surface area contributed by atoms with Gasteiger partial charge in [-0.15, -0.1) is 11.3 Å². The molecule has 1 aliphatic rings. The highest BCUT2D eigenvalue weighted by atomic mass is 32.1. The number of aliphatic hydroxyl groups is 1. The minimum Gasteiger partial charge on any atom is -0.387 e. The summed E-state index contributed by atoms with van der Waals surface area (Å²) in [6.07, 6.45) is 0.504. The fourth-order valence-corrected chi connectivity index (χ4v) is 3.39. The van der Waals surface area contributed by atoms with E-state index in [0.717, 1.165) is 25.1 Å². The predicted molar refractivity (Wildman–Crippen MR) is 74.7 cm³/mol. The van der Waals surface area contributed by atoms with Crippen molar-refractivity contribution in [3.05, 3.63) is 57.5 Å². The Bertz CT molecular complexity index is 552. The van der Waals surface area contributed by atoms with E-state index in [4.69, 9.17) is 0 Å². The van der Waals surface area contributed by atoms with Crippen molar-refractivity contribution in [3.8, 4) is 0 Å². The second kappa shape index (κ2) is 5.41. The standard InChI is InChI=1S/C15H16FNOS/c16-13-3-1-11(2-4-13)14(18)10-17-7-5-15-12(9-17)6-8-19-15/h1-4,6,8,14,18H,5,7,9-10H2. The SMILES string of the molecule is OC(CN1CCc2sccc2C1)c1ccc(F)cc1. The van der Waals surface area contributed by atoms with E-state index in [-0.39, 0.29) is 5.82 Å². The number of β-amino-alcohol motifs (C(OH)–C–C–N with tert-alkyl or cyclic N) is 1. The fraction of sp³-hybridized carbons (Fsp3) is 0.333. The maximum atomic E-state index is 12.8. The zero-order valence-electron chi connectivity index (χ0n) is 10.6. The van der Waals surface area contributed by atoms with Crippen LogP contribution in [-0.4, -0.2) is 23.1 Å². The van der Waals surface area contributed by atoms with Gasteiger partial charge >= 0.3 is 0 Å². The summed E-state index contributed by atoms with van der Waals surface area (Å²) in [5.74, 6) is -0.267. The number of thiophene rings is 1. The number of halogens is 1. The van der Waals surface area contributed by atoms with Gasteiger partial charge < -0.3 is 5.11 Å². The first-order valence-corrected chi connectivity index (χ1v) is 7.31. The number of nitrogens with zero attached hydrogens (tertiary/aromatic N) is 1. The molecule has 1 aromatic heterocycles. The van der Waals surface area contributed by atoms with Crippen molar-refractivity contribution in [1.29, 1.82) is 0 Å². The molecule has 1 N–H and O–H groups in total. The Balaban J connectivity index is 1.64. The van der Waals surface area contributed by atoms with Gasteiger partial charge in [-0.2, -0.15) is 0 Å². The molecule has 2 aromatic rings. The highest BCUT2D eigenvalue weighted by molar-refractivity contribution is 7.10. The first kappa shape index (κ1) is 12.8. The van der Waals surface area contributed by atoms with Crippen LogP contribution in [0, 0.1) is 5.82 Å². The topological polar surface area (TPSA) is 23.5 Å². The maximum Gasteiger partial charge on any atom is 0.123 e. The molecule has 0 radical (unpaired) electrons. The Morgan fingerprint density at radius 2 is 2.05 bits per heavy atom. The average Bonchev–Trinajstić information content (AvgIpc) is 2.87. The highest BCUT2D eigenvalue weighted by Gasteiger charge is 2.20. The zero-order valence-corrected chi connectivity index (χ0v) is 11.4. The van der Waals surface area contributed by atoms with E-state index in [9.17, 15) is 9.50 Å². The molecule has 0 saturated heterocycles. The molecule has 0 amide bonds. The van der Waals surface area contributed by atoms with Crippen LogP contribution in [0.2, 0.25) is 0 Å². The normalized spacial score (nSPS) is 17.2. The third-order valence-electron chi connectivity index (χ3n) is 3.57. The van der Waals surface area contributed by atoms with Crippen LogP contribution < -0.4 is 0 Å². The Labute approximate surface area is 116 Å². The van der Waals surface area contributed by atoms with Gasteiger partial charge in [0.1, 0.15) is 5.82 Å². The van der Waals surface area contributed by atoms with Crippen LogP contribution in [0.25, 0.3) is 0 Å². The summed E-state index contributed by atoms with van der Waals surface area (Å²) in [5.41, 5.74) is 2.15. The monoisotopic (exact) mass is 277 g/mol. The van der Waals surface area contributed by atoms with E-state index in [1.165, 1.54) is 22.6 Å². The molecule has 4 heteroatoms. The first-order chi connectivity index (χ1) is 9.22. The molecule has 1 aromatic carbocycles. The van der Waals surface area contributed by atoms with Crippen LogP contribution in [0.4, 0.5) is 4.39 Å². The van der Waals surface area contributed by atoms with Crippen molar-refractivity contribution in [2.45, 2.75) is 19.1 Å². The van der Waals surface area contributed by atoms with Gasteiger partial charge in [-0.3, -0.25) is 4.90 Å². The Kier molecular flexibility index (Phi) is 3.64. The molecule has 1 aliphatic heterocycles. The van der Waals surface area contributed by atoms with Gasteiger partial charge in [-0.05, 0) is 41.1 Å². The van der Waals surface area contributed by atoms with Crippen molar-refractivity contribution >= 4 is 11.3 Å². The van der Waals surface area contributed by atoms with Gasteiger partial charge in [-0.25, -0.2) is 4.39 Å². The summed E-state index contributed by atoms with van der Waals surface area (Å²) in [6, 6.07) is 8.26. The Morgan fingerprint density at radius 3 is 2.84 bits per heavy atom. The Hall–Kier alpha value is -1.23. The molecule has 0 spiro atoms. The second-order valence-electron chi connectivity index (χ2n) is 4.92. The number of benzene rings is 1. The van der Waals surface area contributed by atoms with Crippen molar-refractivity contribution < 1.29 is 9.50 Å². The lowest BCUT2D eigenvalue weighted by molar-refractivity contribution is 0.106. The molecule has 1 atom stereocenters. The number of hydrogen-bond acceptors (Lipinski definition) is 3. The van der Waals surface area contributed by atoms with E-state index in [1.54, 1.807) is 12.1 Å². The van der Waals surface area contributed by atoms with Crippen molar-refractivity contribution in [1.82, 2.24) is 4.90 Å². The predicted octanol–water partition coefficient (Wildman–Crippen LogP) is 2.98. The minimum atomic E-state index is -0.555.